The summed E-state index contributed by atoms with van der Waals surface area (Å²) in [7, 11) is 1.49. The van der Waals surface area contributed by atoms with Crippen molar-refractivity contribution < 1.29 is 9.31 Å². The zero-order chi connectivity index (χ0) is 11.7. The molecule has 0 radical (unpaired) electrons. The van der Waals surface area contributed by atoms with Gasteiger partial charge in [0.15, 0.2) is 0 Å². The molecule has 0 aromatic heterocycles. The Balaban J connectivity index is 2.79. The lowest BCUT2D eigenvalue weighted by molar-refractivity contribution is 0.00578. The summed E-state index contributed by atoms with van der Waals surface area (Å²) in [5, 5.41) is 0. The van der Waals surface area contributed by atoms with Gasteiger partial charge in [-0.05, 0) is 46.2 Å². The third-order valence-corrected chi connectivity index (χ3v) is 3.11. The minimum Gasteiger partial charge on any atom is -0.400 e. The first-order valence-corrected chi connectivity index (χ1v) is 5.25. The molecule has 4 heteroatoms. The standard InChI is InChI=1S/C11H20BNO2/c1-9(7-8-13-6)12-14-10(2,3)11(4,5)15-12/h7-8H,1-6H3/b9-7+,13-8?. The third-order valence-electron chi connectivity index (χ3n) is 3.11. The molecule has 0 unspecified atom stereocenters. The fraction of sp³-hybridized carbons (Fsp3) is 0.727. The molecule has 0 spiro atoms. The van der Waals surface area contributed by atoms with Gasteiger partial charge in [0.25, 0.3) is 0 Å². The minimum atomic E-state index is -0.268. The van der Waals surface area contributed by atoms with Crippen molar-refractivity contribution in [3.05, 3.63) is 11.5 Å². The van der Waals surface area contributed by atoms with Crippen molar-refractivity contribution in [3.63, 3.8) is 0 Å². The Morgan fingerprint density at radius 1 is 1.13 bits per heavy atom. The molecule has 0 atom stereocenters. The first kappa shape index (κ1) is 12.5. The highest BCUT2D eigenvalue weighted by molar-refractivity contribution is 6.54. The van der Waals surface area contributed by atoms with Gasteiger partial charge in [-0.1, -0.05) is 0 Å². The average molecular weight is 209 g/mol. The maximum absolute atomic E-state index is 5.87. The number of aliphatic imine (C=N–C) groups is 1. The summed E-state index contributed by atoms with van der Waals surface area (Å²) in [6.07, 6.45) is 3.67. The van der Waals surface area contributed by atoms with Crippen LogP contribution in [0.5, 0.6) is 0 Å². The molecule has 0 aliphatic carbocycles. The van der Waals surface area contributed by atoms with E-state index >= 15 is 0 Å². The Labute approximate surface area is 92.7 Å². The smallest absolute Gasteiger partial charge is 0.400 e. The van der Waals surface area contributed by atoms with Crippen LogP contribution in [-0.2, 0) is 9.31 Å². The summed E-state index contributed by atoms with van der Waals surface area (Å²) < 4.78 is 11.7. The van der Waals surface area contributed by atoms with E-state index in [2.05, 4.69) is 4.99 Å². The van der Waals surface area contributed by atoms with Crippen LogP contribution in [0.15, 0.2) is 16.5 Å². The number of hydrogen-bond acceptors (Lipinski definition) is 3. The van der Waals surface area contributed by atoms with Crippen LogP contribution in [0.25, 0.3) is 0 Å². The van der Waals surface area contributed by atoms with Gasteiger partial charge in [0.1, 0.15) is 0 Å². The fourth-order valence-corrected chi connectivity index (χ4v) is 1.30. The van der Waals surface area contributed by atoms with Crippen molar-refractivity contribution in [2.75, 3.05) is 7.05 Å². The van der Waals surface area contributed by atoms with Crippen LogP contribution in [0.3, 0.4) is 0 Å². The van der Waals surface area contributed by atoms with Crippen molar-refractivity contribution in [2.24, 2.45) is 4.99 Å². The molecule has 1 rings (SSSR count). The van der Waals surface area contributed by atoms with Gasteiger partial charge in [0.05, 0.1) is 11.2 Å². The van der Waals surface area contributed by atoms with E-state index in [0.717, 1.165) is 5.47 Å². The summed E-state index contributed by atoms with van der Waals surface area (Å²) in [6, 6.07) is 0. The summed E-state index contributed by atoms with van der Waals surface area (Å²) in [5.74, 6) is 0. The van der Waals surface area contributed by atoms with Crippen molar-refractivity contribution in [1.29, 1.82) is 0 Å². The van der Waals surface area contributed by atoms with Gasteiger partial charge in [-0.2, -0.15) is 0 Å². The van der Waals surface area contributed by atoms with Gasteiger partial charge in [-0.25, -0.2) is 0 Å². The van der Waals surface area contributed by atoms with Crippen LogP contribution in [-0.4, -0.2) is 31.6 Å². The zero-order valence-electron chi connectivity index (χ0n) is 10.5. The predicted molar refractivity (Wildman–Crippen MR) is 64.3 cm³/mol. The Bertz CT molecular complexity index is 279. The zero-order valence-corrected chi connectivity index (χ0v) is 10.5. The van der Waals surface area contributed by atoms with Crippen molar-refractivity contribution in [1.82, 2.24) is 0 Å². The number of rotatable bonds is 2. The quantitative estimate of drug-likeness (QED) is 0.515. The lowest BCUT2D eigenvalue weighted by atomic mass is 9.79. The molecule has 1 aliphatic heterocycles. The number of hydrogen-bond donors (Lipinski definition) is 0. The van der Waals surface area contributed by atoms with Gasteiger partial charge >= 0.3 is 7.12 Å². The van der Waals surface area contributed by atoms with E-state index in [-0.39, 0.29) is 18.3 Å². The van der Waals surface area contributed by atoms with Gasteiger partial charge in [-0.3, -0.25) is 4.99 Å². The van der Waals surface area contributed by atoms with Crippen molar-refractivity contribution in [3.8, 4) is 0 Å². The molecule has 1 fully saturated rings. The molecule has 0 bridgehead atoms. The molecule has 0 N–H and O–H groups in total. The van der Waals surface area contributed by atoms with Crippen molar-refractivity contribution in [2.45, 2.75) is 45.8 Å². The van der Waals surface area contributed by atoms with Crippen LogP contribution in [0, 0.1) is 0 Å². The molecule has 3 nitrogen and oxygen atoms in total. The first-order chi connectivity index (χ1) is 6.80. The molecule has 1 saturated heterocycles. The Kier molecular flexibility index (Phi) is 3.41. The Morgan fingerprint density at radius 3 is 2.00 bits per heavy atom. The minimum absolute atomic E-state index is 0.256. The highest BCUT2D eigenvalue weighted by atomic mass is 16.7. The van der Waals surface area contributed by atoms with Crippen LogP contribution in [0.2, 0.25) is 0 Å². The first-order valence-electron chi connectivity index (χ1n) is 5.25. The predicted octanol–water partition coefficient (Wildman–Crippen LogP) is 2.26. The highest BCUT2D eigenvalue weighted by Crippen LogP contribution is 2.38. The SMILES string of the molecule is CN=C/C=C(\C)B1OC(C)(C)C(C)(C)O1. The van der Waals surface area contributed by atoms with E-state index < -0.39 is 0 Å². The molecule has 0 amide bonds. The molecule has 15 heavy (non-hydrogen) atoms. The van der Waals surface area contributed by atoms with Crippen LogP contribution in [0.4, 0.5) is 0 Å². The fourth-order valence-electron chi connectivity index (χ4n) is 1.30. The molecular weight excluding hydrogens is 189 g/mol. The molecular formula is C11H20BNO2. The Morgan fingerprint density at radius 2 is 1.60 bits per heavy atom. The highest BCUT2D eigenvalue weighted by Gasteiger charge is 2.51. The summed E-state index contributed by atoms with van der Waals surface area (Å²) >= 11 is 0. The topological polar surface area (TPSA) is 30.8 Å². The van der Waals surface area contributed by atoms with Crippen LogP contribution in [0.1, 0.15) is 34.6 Å². The lowest BCUT2D eigenvalue weighted by Crippen LogP contribution is -2.41. The Hall–Kier alpha value is -0.605. The van der Waals surface area contributed by atoms with Gasteiger partial charge < -0.3 is 9.31 Å². The van der Waals surface area contributed by atoms with Gasteiger partial charge in [-0.15, -0.1) is 0 Å². The van der Waals surface area contributed by atoms with Crippen LogP contribution >= 0.6 is 0 Å². The summed E-state index contributed by atoms with van der Waals surface area (Å²) in [5.41, 5.74) is 0.506. The second-order valence-electron chi connectivity index (χ2n) is 4.91. The third kappa shape index (κ3) is 2.50. The molecule has 0 saturated carbocycles. The second kappa shape index (κ2) is 4.10. The molecule has 84 valence electrons. The monoisotopic (exact) mass is 209 g/mol. The lowest BCUT2D eigenvalue weighted by Gasteiger charge is -2.32. The molecule has 0 aromatic carbocycles. The normalized spacial score (nSPS) is 25.2. The average Bonchev–Trinajstić information content (AvgIpc) is 2.32. The van der Waals surface area contributed by atoms with Crippen molar-refractivity contribution >= 4 is 13.3 Å². The molecule has 1 heterocycles. The van der Waals surface area contributed by atoms with Gasteiger partial charge in [0.2, 0.25) is 0 Å². The largest absolute Gasteiger partial charge is 0.490 e. The van der Waals surface area contributed by atoms with E-state index in [1.807, 2.05) is 40.7 Å². The maximum Gasteiger partial charge on any atom is 0.490 e. The van der Waals surface area contributed by atoms with E-state index in [0.29, 0.717) is 0 Å². The summed E-state index contributed by atoms with van der Waals surface area (Å²) in [6.45, 7) is 10.2. The second-order valence-corrected chi connectivity index (χ2v) is 4.91. The molecule has 0 aromatic rings. The van der Waals surface area contributed by atoms with E-state index in [4.69, 9.17) is 9.31 Å². The maximum atomic E-state index is 5.87. The number of nitrogens with zero attached hydrogens (tertiary/aromatic N) is 1. The van der Waals surface area contributed by atoms with Crippen LogP contribution < -0.4 is 0 Å². The van der Waals surface area contributed by atoms with E-state index in [9.17, 15) is 0 Å². The summed E-state index contributed by atoms with van der Waals surface area (Å²) in [4.78, 5) is 3.91. The van der Waals surface area contributed by atoms with E-state index in [1.54, 1.807) is 13.3 Å². The van der Waals surface area contributed by atoms with Gasteiger partial charge in [0, 0.05) is 13.3 Å². The van der Waals surface area contributed by atoms with E-state index in [1.165, 1.54) is 0 Å². The number of allylic oxidation sites excluding steroid dienone is 2. The molecule has 1 aliphatic rings.